The van der Waals surface area contributed by atoms with Crippen molar-refractivity contribution in [2.75, 3.05) is 45.6 Å². The zero-order valence-electron chi connectivity index (χ0n) is 14.6. The number of hydrogen-bond donors (Lipinski definition) is 3. The Hall–Kier alpha value is -0.130. The second kappa shape index (κ2) is 16.7. The number of rotatable bonds is 13. The van der Waals surface area contributed by atoms with E-state index in [9.17, 15) is 8.42 Å². The van der Waals surface area contributed by atoms with Crippen LogP contribution < -0.4 is 15.4 Å². The number of unbranched alkanes of at least 4 members (excludes halogenated alkanes) is 1. The third-order valence-corrected chi connectivity index (χ3v) is 3.44. The lowest BCUT2D eigenvalue weighted by Gasteiger charge is -2.11. The third-order valence-electron chi connectivity index (χ3n) is 2.71. The minimum atomic E-state index is -3.10. The highest BCUT2D eigenvalue weighted by molar-refractivity contribution is 14.0. The molecule has 9 heteroatoms. The molecule has 0 saturated carbocycles. The van der Waals surface area contributed by atoms with Crippen LogP contribution >= 0.6 is 24.0 Å². The van der Waals surface area contributed by atoms with Gasteiger partial charge >= 0.3 is 0 Å². The molecule has 0 heterocycles. The van der Waals surface area contributed by atoms with Gasteiger partial charge in [0.15, 0.2) is 5.96 Å². The molecule has 140 valence electrons. The van der Waals surface area contributed by atoms with E-state index in [1.165, 1.54) is 0 Å². The molecule has 0 fully saturated rings. The molecule has 0 amide bonds. The zero-order valence-corrected chi connectivity index (χ0v) is 17.7. The summed E-state index contributed by atoms with van der Waals surface area (Å²) in [7, 11) is -3.10. The van der Waals surface area contributed by atoms with Crippen molar-refractivity contribution in [2.45, 2.75) is 39.5 Å². The summed E-state index contributed by atoms with van der Waals surface area (Å²) >= 11 is 0. The standard InChI is InChI=1S/C14H32N4O3S.HI/c1-4-6-12-21-13-8-10-17-14(15-5-2)16-9-7-11-18-22(3,19)20;/h18H,4-13H2,1-3H3,(H2,15,16,17);1H. The van der Waals surface area contributed by atoms with Crippen LogP contribution in [0.5, 0.6) is 0 Å². The second-order valence-corrected chi connectivity index (χ2v) is 6.86. The summed E-state index contributed by atoms with van der Waals surface area (Å²) in [6.07, 6.45) is 5.03. The summed E-state index contributed by atoms with van der Waals surface area (Å²) in [5, 5.41) is 6.34. The summed E-state index contributed by atoms with van der Waals surface area (Å²) in [6.45, 7) is 8.32. The van der Waals surface area contributed by atoms with Gasteiger partial charge in [0.25, 0.3) is 0 Å². The first kappa shape index (κ1) is 25.1. The van der Waals surface area contributed by atoms with Crippen LogP contribution in [0.25, 0.3) is 0 Å². The molecule has 0 unspecified atom stereocenters. The number of guanidine groups is 1. The first-order valence-electron chi connectivity index (χ1n) is 8.04. The molecular formula is C14H33IN4O3S. The molecule has 0 radical (unpaired) electrons. The lowest BCUT2D eigenvalue weighted by Crippen LogP contribution is -2.38. The maximum atomic E-state index is 10.9. The first-order chi connectivity index (χ1) is 10.5. The fourth-order valence-corrected chi connectivity index (χ4v) is 2.12. The highest BCUT2D eigenvalue weighted by Crippen LogP contribution is 1.90. The van der Waals surface area contributed by atoms with E-state index < -0.39 is 10.0 Å². The molecule has 0 saturated heterocycles. The van der Waals surface area contributed by atoms with Crippen molar-refractivity contribution in [3.8, 4) is 0 Å². The number of halogens is 1. The summed E-state index contributed by atoms with van der Waals surface area (Å²) < 4.78 is 29.8. The van der Waals surface area contributed by atoms with Crippen LogP contribution in [0.15, 0.2) is 4.99 Å². The summed E-state index contributed by atoms with van der Waals surface area (Å²) in [5.41, 5.74) is 0. The number of hydrogen-bond acceptors (Lipinski definition) is 4. The van der Waals surface area contributed by atoms with Gasteiger partial charge in [-0.15, -0.1) is 24.0 Å². The van der Waals surface area contributed by atoms with E-state index >= 15 is 0 Å². The smallest absolute Gasteiger partial charge is 0.208 e. The molecule has 3 N–H and O–H groups in total. The van der Waals surface area contributed by atoms with Gasteiger partial charge in [0.1, 0.15) is 0 Å². The number of aliphatic imine (C=N–C) groups is 1. The van der Waals surface area contributed by atoms with Gasteiger partial charge in [-0.1, -0.05) is 13.3 Å². The maximum absolute atomic E-state index is 10.9. The van der Waals surface area contributed by atoms with Crippen molar-refractivity contribution in [3.63, 3.8) is 0 Å². The molecule has 23 heavy (non-hydrogen) atoms. The normalized spacial score (nSPS) is 11.9. The Morgan fingerprint density at radius 1 is 1.04 bits per heavy atom. The Kier molecular flexibility index (Phi) is 18.3. The summed E-state index contributed by atoms with van der Waals surface area (Å²) in [4.78, 5) is 4.45. The minimum absolute atomic E-state index is 0. The second-order valence-electron chi connectivity index (χ2n) is 5.03. The van der Waals surface area contributed by atoms with Gasteiger partial charge in [0.2, 0.25) is 10.0 Å². The van der Waals surface area contributed by atoms with Gasteiger partial charge in [0, 0.05) is 39.4 Å². The van der Waals surface area contributed by atoms with Gasteiger partial charge in [0.05, 0.1) is 6.26 Å². The average Bonchev–Trinajstić information content (AvgIpc) is 2.44. The monoisotopic (exact) mass is 464 g/mol. The van der Waals surface area contributed by atoms with E-state index in [0.717, 1.165) is 51.2 Å². The third kappa shape index (κ3) is 19.8. The first-order valence-corrected chi connectivity index (χ1v) is 9.93. The molecule has 7 nitrogen and oxygen atoms in total. The molecule has 0 bridgehead atoms. The lowest BCUT2D eigenvalue weighted by molar-refractivity contribution is 0.130. The van der Waals surface area contributed by atoms with Gasteiger partial charge in [-0.25, -0.2) is 13.1 Å². The number of nitrogens with one attached hydrogen (secondary N) is 3. The average molecular weight is 464 g/mol. The van der Waals surface area contributed by atoms with Crippen LogP contribution in [0.3, 0.4) is 0 Å². The van der Waals surface area contributed by atoms with Gasteiger partial charge in [-0.05, 0) is 26.2 Å². The zero-order chi connectivity index (χ0) is 16.7. The van der Waals surface area contributed by atoms with Crippen LogP contribution in [0.1, 0.15) is 39.5 Å². The van der Waals surface area contributed by atoms with E-state index in [-0.39, 0.29) is 24.0 Å². The van der Waals surface area contributed by atoms with Gasteiger partial charge in [-0.3, -0.25) is 4.99 Å². The van der Waals surface area contributed by atoms with Gasteiger partial charge in [-0.2, -0.15) is 0 Å². The Labute approximate surface area is 158 Å². The molecular weight excluding hydrogens is 431 g/mol. The molecule has 0 aromatic carbocycles. The maximum Gasteiger partial charge on any atom is 0.208 e. The van der Waals surface area contributed by atoms with Gasteiger partial charge < -0.3 is 15.4 Å². The molecule has 0 rings (SSSR count). The molecule has 0 aromatic rings. The predicted molar refractivity (Wildman–Crippen MR) is 107 cm³/mol. The van der Waals surface area contributed by atoms with Crippen LogP contribution in [0, 0.1) is 0 Å². The van der Waals surface area contributed by atoms with Crippen LogP contribution in [0.4, 0.5) is 0 Å². The van der Waals surface area contributed by atoms with Crippen LogP contribution in [0.2, 0.25) is 0 Å². The van der Waals surface area contributed by atoms with E-state index in [4.69, 9.17) is 4.74 Å². The molecule has 0 aliphatic heterocycles. The molecule has 0 spiro atoms. The van der Waals surface area contributed by atoms with Crippen molar-refractivity contribution in [1.29, 1.82) is 0 Å². The molecule has 0 aromatic heterocycles. The number of ether oxygens (including phenoxy) is 1. The van der Waals surface area contributed by atoms with Crippen molar-refractivity contribution < 1.29 is 13.2 Å². The van der Waals surface area contributed by atoms with E-state index in [0.29, 0.717) is 26.1 Å². The van der Waals surface area contributed by atoms with Crippen molar-refractivity contribution in [1.82, 2.24) is 15.4 Å². The Morgan fingerprint density at radius 2 is 1.74 bits per heavy atom. The fourth-order valence-electron chi connectivity index (χ4n) is 1.60. The summed E-state index contributed by atoms with van der Waals surface area (Å²) in [6, 6.07) is 0. The molecule has 0 aliphatic carbocycles. The van der Waals surface area contributed by atoms with Crippen LogP contribution in [-0.4, -0.2) is 60.0 Å². The van der Waals surface area contributed by atoms with E-state index in [1.807, 2.05) is 6.92 Å². The largest absolute Gasteiger partial charge is 0.381 e. The highest BCUT2D eigenvalue weighted by Gasteiger charge is 2.00. The number of nitrogens with zero attached hydrogens (tertiary/aromatic N) is 1. The highest BCUT2D eigenvalue weighted by atomic mass is 127. The topological polar surface area (TPSA) is 91.8 Å². The quantitative estimate of drug-likeness (QED) is 0.166. The minimum Gasteiger partial charge on any atom is -0.381 e. The Balaban J connectivity index is 0. The van der Waals surface area contributed by atoms with E-state index in [1.54, 1.807) is 0 Å². The van der Waals surface area contributed by atoms with Crippen molar-refractivity contribution in [3.05, 3.63) is 0 Å². The SMILES string of the molecule is CCCCOCCCN=C(NCC)NCCCNS(C)(=O)=O.I. The van der Waals surface area contributed by atoms with Crippen molar-refractivity contribution >= 4 is 40.0 Å². The Morgan fingerprint density at radius 3 is 2.35 bits per heavy atom. The van der Waals surface area contributed by atoms with E-state index in [2.05, 4.69) is 27.3 Å². The van der Waals surface area contributed by atoms with Crippen molar-refractivity contribution in [2.24, 2.45) is 4.99 Å². The summed E-state index contributed by atoms with van der Waals surface area (Å²) in [5.74, 6) is 0.760. The predicted octanol–water partition coefficient (Wildman–Crippen LogP) is 1.31. The fraction of sp³-hybridized carbons (Fsp3) is 0.929. The molecule has 0 aliphatic rings. The lowest BCUT2D eigenvalue weighted by atomic mass is 10.4. The molecule has 0 atom stereocenters. The Bertz CT molecular complexity index is 391. The van der Waals surface area contributed by atoms with Crippen LogP contribution in [-0.2, 0) is 14.8 Å². The number of sulfonamides is 1.